The quantitative estimate of drug-likeness (QED) is 0.859. The molecule has 0 heterocycles. The van der Waals surface area contributed by atoms with Gasteiger partial charge < -0.3 is 4.90 Å². The van der Waals surface area contributed by atoms with Crippen LogP contribution in [-0.4, -0.2) is 24.9 Å². The fraction of sp³-hybridized carbons (Fsp3) is 0.467. The van der Waals surface area contributed by atoms with Gasteiger partial charge in [0.2, 0.25) is 5.91 Å². The highest BCUT2D eigenvalue weighted by Crippen LogP contribution is 2.50. The van der Waals surface area contributed by atoms with E-state index in [2.05, 4.69) is 22.0 Å². The van der Waals surface area contributed by atoms with Gasteiger partial charge in [-0.2, -0.15) is 5.26 Å². The van der Waals surface area contributed by atoms with Crippen LogP contribution in [0.5, 0.6) is 0 Å². The Morgan fingerprint density at radius 2 is 2.21 bits per heavy atom. The number of nitriles is 1. The summed E-state index contributed by atoms with van der Waals surface area (Å²) in [6.07, 6.45) is 2.08. The molecule has 0 aliphatic heterocycles. The largest absolute Gasteiger partial charge is 0.348 e. The molecule has 0 atom stereocenters. The predicted molar refractivity (Wildman–Crippen MR) is 77.5 cm³/mol. The zero-order valence-corrected chi connectivity index (χ0v) is 12.8. The molecule has 1 aliphatic rings. The molecule has 1 aromatic rings. The number of hydrogen-bond donors (Lipinski definition) is 0. The summed E-state index contributed by atoms with van der Waals surface area (Å²) in [4.78, 5) is 14.2. The lowest BCUT2D eigenvalue weighted by atomic mass is 9.57. The molecule has 2 rings (SSSR count). The molecule has 100 valence electrons. The van der Waals surface area contributed by atoms with Crippen molar-refractivity contribution >= 4 is 21.8 Å². The summed E-state index contributed by atoms with van der Waals surface area (Å²) in [6, 6.07) is 10.2. The molecule has 0 N–H and O–H groups in total. The Labute approximate surface area is 122 Å². The van der Waals surface area contributed by atoms with Crippen molar-refractivity contribution < 1.29 is 4.79 Å². The average Bonchev–Trinajstić information content (AvgIpc) is 2.32. The molecule has 1 amide bonds. The number of rotatable bonds is 3. The average molecular weight is 321 g/mol. The summed E-state index contributed by atoms with van der Waals surface area (Å²) in [5.41, 5.74) is 0.615. The van der Waals surface area contributed by atoms with Crippen LogP contribution in [0.15, 0.2) is 28.7 Å². The molecule has 0 spiro atoms. The van der Waals surface area contributed by atoms with Crippen LogP contribution in [0.2, 0.25) is 0 Å². The summed E-state index contributed by atoms with van der Waals surface area (Å²) < 4.78 is 0.986. The fourth-order valence-corrected chi connectivity index (χ4v) is 3.35. The van der Waals surface area contributed by atoms with Gasteiger partial charge in [0.05, 0.1) is 11.5 Å². The zero-order valence-electron chi connectivity index (χ0n) is 11.2. The lowest BCUT2D eigenvalue weighted by molar-refractivity contribution is -0.140. The molecule has 3 nitrogen and oxygen atoms in total. The topological polar surface area (TPSA) is 44.1 Å². The van der Waals surface area contributed by atoms with Crippen molar-refractivity contribution in [3.05, 3.63) is 34.3 Å². The second-order valence-electron chi connectivity index (χ2n) is 5.43. The monoisotopic (exact) mass is 320 g/mol. The lowest BCUT2D eigenvalue weighted by Crippen LogP contribution is -2.52. The van der Waals surface area contributed by atoms with E-state index >= 15 is 0 Å². The highest BCUT2D eigenvalue weighted by Gasteiger charge is 2.51. The van der Waals surface area contributed by atoms with Gasteiger partial charge in [0.25, 0.3) is 0 Å². The van der Waals surface area contributed by atoms with Crippen molar-refractivity contribution in [2.45, 2.75) is 24.7 Å². The molecule has 1 aromatic carbocycles. The molecule has 1 fully saturated rings. The molecule has 0 aromatic heterocycles. The molecule has 4 heteroatoms. The summed E-state index contributed by atoms with van der Waals surface area (Å²) in [5.74, 6) is 0.479. The Hall–Kier alpha value is -1.34. The molecule has 1 saturated carbocycles. The second-order valence-corrected chi connectivity index (χ2v) is 6.34. The SMILES string of the molecule is CN(C)C(=O)C1(c2cccc(Br)c2)CC(CC#N)C1. The van der Waals surface area contributed by atoms with Gasteiger partial charge in [-0.3, -0.25) is 4.79 Å². The first-order valence-corrected chi connectivity index (χ1v) is 7.13. The van der Waals surface area contributed by atoms with E-state index in [0.29, 0.717) is 12.3 Å². The van der Waals surface area contributed by atoms with Crippen LogP contribution in [-0.2, 0) is 10.2 Å². The van der Waals surface area contributed by atoms with Gasteiger partial charge in [0, 0.05) is 25.0 Å². The molecule has 0 bridgehead atoms. The van der Waals surface area contributed by atoms with Crippen molar-refractivity contribution in [2.24, 2.45) is 5.92 Å². The summed E-state index contributed by atoms with van der Waals surface area (Å²) >= 11 is 3.46. The number of likely N-dealkylation sites (N-methyl/N-ethyl adjacent to an activating group) is 1. The van der Waals surface area contributed by atoms with E-state index in [9.17, 15) is 4.79 Å². The maximum atomic E-state index is 12.5. The first-order valence-electron chi connectivity index (χ1n) is 6.34. The number of carbonyl (C=O) groups excluding carboxylic acids is 1. The Morgan fingerprint density at radius 1 is 1.53 bits per heavy atom. The van der Waals surface area contributed by atoms with Crippen molar-refractivity contribution in [1.29, 1.82) is 5.26 Å². The van der Waals surface area contributed by atoms with Crippen LogP contribution < -0.4 is 0 Å². The Kier molecular flexibility index (Phi) is 3.96. The van der Waals surface area contributed by atoms with Gasteiger partial charge in [-0.05, 0) is 36.5 Å². The maximum absolute atomic E-state index is 12.5. The molecule has 0 radical (unpaired) electrons. The number of halogens is 1. The van der Waals surface area contributed by atoms with Crippen molar-refractivity contribution in [2.75, 3.05) is 14.1 Å². The highest BCUT2D eigenvalue weighted by molar-refractivity contribution is 9.10. The van der Waals surface area contributed by atoms with Gasteiger partial charge in [0.1, 0.15) is 0 Å². The number of benzene rings is 1. The Balaban J connectivity index is 2.33. The van der Waals surface area contributed by atoms with E-state index in [1.165, 1.54) is 0 Å². The molecule has 0 saturated heterocycles. The number of carbonyl (C=O) groups is 1. The van der Waals surface area contributed by atoms with Gasteiger partial charge in [-0.15, -0.1) is 0 Å². The minimum absolute atomic E-state index is 0.139. The van der Waals surface area contributed by atoms with Crippen molar-refractivity contribution in [3.8, 4) is 6.07 Å². The molecular weight excluding hydrogens is 304 g/mol. The number of hydrogen-bond acceptors (Lipinski definition) is 2. The molecular formula is C15H17BrN2O. The van der Waals surface area contributed by atoms with Crippen LogP contribution in [0.3, 0.4) is 0 Å². The maximum Gasteiger partial charge on any atom is 0.232 e. The van der Waals surface area contributed by atoms with Crippen LogP contribution in [0.25, 0.3) is 0 Å². The van der Waals surface area contributed by atoms with Gasteiger partial charge >= 0.3 is 0 Å². The van der Waals surface area contributed by atoms with Crippen molar-refractivity contribution in [1.82, 2.24) is 4.90 Å². The summed E-state index contributed by atoms with van der Waals surface area (Å²) in [5, 5.41) is 8.78. The summed E-state index contributed by atoms with van der Waals surface area (Å²) in [7, 11) is 3.58. The number of amides is 1. The van der Waals surface area contributed by atoms with E-state index < -0.39 is 5.41 Å². The van der Waals surface area contributed by atoms with E-state index in [0.717, 1.165) is 22.9 Å². The summed E-state index contributed by atoms with van der Waals surface area (Å²) in [6.45, 7) is 0. The molecule has 1 aliphatic carbocycles. The van der Waals surface area contributed by atoms with Crippen molar-refractivity contribution in [3.63, 3.8) is 0 Å². The standard InChI is InChI=1S/C15H17BrN2O/c1-18(2)14(19)15(9-11(10-15)6-7-17)12-4-3-5-13(16)8-12/h3-5,8,11H,6,9-10H2,1-2H3. The first-order chi connectivity index (χ1) is 8.99. The van der Waals surface area contributed by atoms with Gasteiger partial charge in [-0.1, -0.05) is 28.1 Å². The molecule has 0 unspecified atom stereocenters. The molecule has 19 heavy (non-hydrogen) atoms. The Morgan fingerprint density at radius 3 is 2.74 bits per heavy atom. The Bertz CT molecular complexity index is 527. The minimum Gasteiger partial charge on any atom is -0.348 e. The fourth-order valence-electron chi connectivity index (χ4n) is 2.95. The highest BCUT2D eigenvalue weighted by atomic mass is 79.9. The third-order valence-electron chi connectivity index (χ3n) is 3.85. The van der Waals surface area contributed by atoms with Crippen LogP contribution in [0.1, 0.15) is 24.8 Å². The lowest BCUT2D eigenvalue weighted by Gasteiger charge is -2.47. The predicted octanol–water partition coefficient (Wildman–Crippen LogP) is 3.10. The van der Waals surface area contributed by atoms with E-state index in [1.54, 1.807) is 19.0 Å². The smallest absolute Gasteiger partial charge is 0.232 e. The normalized spacial score (nSPS) is 25.3. The second kappa shape index (κ2) is 5.34. The third kappa shape index (κ3) is 2.52. The first kappa shape index (κ1) is 14.1. The van der Waals surface area contributed by atoms with E-state index in [-0.39, 0.29) is 5.91 Å². The van der Waals surface area contributed by atoms with Crippen LogP contribution in [0.4, 0.5) is 0 Å². The van der Waals surface area contributed by atoms with Crippen LogP contribution >= 0.6 is 15.9 Å². The van der Waals surface area contributed by atoms with Gasteiger partial charge in [-0.25, -0.2) is 0 Å². The third-order valence-corrected chi connectivity index (χ3v) is 4.34. The minimum atomic E-state index is -0.436. The van der Waals surface area contributed by atoms with E-state index in [1.807, 2.05) is 24.3 Å². The van der Waals surface area contributed by atoms with Crippen LogP contribution in [0, 0.1) is 17.2 Å². The van der Waals surface area contributed by atoms with Gasteiger partial charge in [0.15, 0.2) is 0 Å². The zero-order chi connectivity index (χ0) is 14.0. The number of nitrogens with zero attached hydrogens (tertiary/aromatic N) is 2. The van der Waals surface area contributed by atoms with E-state index in [4.69, 9.17) is 5.26 Å².